The molecular weight excluding hydrogens is 375 g/mol. The molecule has 0 bridgehead atoms. The van der Waals surface area contributed by atoms with Crippen LogP contribution in [0.15, 0.2) is 12.4 Å². The Labute approximate surface area is 170 Å². The molecule has 0 spiro atoms. The van der Waals surface area contributed by atoms with Gasteiger partial charge in [0.05, 0.1) is 36.3 Å². The molecule has 1 atom stereocenters. The molecule has 0 amide bonds. The van der Waals surface area contributed by atoms with E-state index in [0.717, 1.165) is 55.0 Å². The van der Waals surface area contributed by atoms with Gasteiger partial charge in [-0.2, -0.15) is 0 Å². The normalized spacial score (nSPS) is 24.4. The Morgan fingerprint density at radius 3 is 2.66 bits per heavy atom. The second kappa shape index (κ2) is 9.17. The molecule has 3 heterocycles. The van der Waals surface area contributed by atoms with Gasteiger partial charge in [0, 0.05) is 30.8 Å². The molecule has 2 aromatic rings. The average molecular weight is 404 g/mol. The van der Waals surface area contributed by atoms with Gasteiger partial charge in [-0.05, 0) is 38.5 Å². The number of aromatic nitrogens is 3. The first-order chi connectivity index (χ1) is 14.1. The third kappa shape index (κ3) is 4.75. The van der Waals surface area contributed by atoms with Gasteiger partial charge in [-0.15, -0.1) is 0 Å². The van der Waals surface area contributed by atoms with Crippen LogP contribution in [0.1, 0.15) is 56.9 Å². The van der Waals surface area contributed by atoms with Crippen LogP contribution in [-0.4, -0.2) is 58.2 Å². The van der Waals surface area contributed by atoms with Gasteiger partial charge in [0.15, 0.2) is 0 Å². The van der Waals surface area contributed by atoms with E-state index in [1.165, 1.54) is 0 Å². The number of nitrogens with zero attached hydrogens (tertiary/aromatic N) is 3. The zero-order valence-corrected chi connectivity index (χ0v) is 16.8. The number of ether oxygens (including phenoxy) is 2. The number of nitrogens with one attached hydrogen (secondary N) is 1. The number of anilines is 1. The van der Waals surface area contributed by atoms with Crippen molar-refractivity contribution in [3.8, 4) is 5.88 Å². The van der Waals surface area contributed by atoms with E-state index in [0.29, 0.717) is 25.0 Å². The highest BCUT2D eigenvalue weighted by Gasteiger charge is 2.26. The zero-order valence-electron chi connectivity index (χ0n) is 16.8. The first kappa shape index (κ1) is 20.2. The van der Waals surface area contributed by atoms with E-state index in [1.54, 1.807) is 13.1 Å². The van der Waals surface area contributed by atoms with E-state index in [1.807, 2.05) is 6.20 Å². The van der Waals surface area contributed by atoms with Crippen LogP contribution in [0.5, 0.6) is 5.88 Å². The lowest BCUT2D eigenvalue weighted by molar-refractivity contribution is 0.0244. The summed E-state index contributed by atoms with van der Waals surface area (Å²) in [5, 5.41) is 13.7. The van der Waals surface area contributed by atoms with E-state index < -0.39 is 6.67 Å². The molecule has 1 saturated carbocycles. The summed E-state index contributed by atoms with van der Waals surface area (Å²) in [5.74, 6) is 1.23. The monoisotopic (exact) mass is 404 g/mol. The maximum absolute atomic E-state index is 12.9. The van der Waals surface area contributed by atoms with Crippen molar-refractivity contribution in [2.45, 2.75) is 69.6 Å². The minimum Gasteiger partial charge on any atom is -0.474 e. The molecule has 8 heteroatoms. The Balaban J connectivity index is 1.69. The molecule has 0 radical (unpaired) electrons. The predicted molar refractivity (Wildman–Crippen MR) is 108 cm³/mol. The van der Waals surface area contributed by atoms with E-state index in [2.05, 4.69) is 15.3 Å². The number of fused-ring (bicyclic) bond motifs is 1. The van der Waals surface area contributed by atoms with Crippen molar-refractivity contribution in [3.05, 3.63) is 18.0 Å². The van der Waals surface area contributed by atoms with Gasteiger partial charge in [0.25, 0.3) is 0 Å². The first-order valence-corrected chi connectivity index (χ1v) is 10.5. The van der Waals surface area contributed by atoms with Crippen molar-refractivity contribution in [1.82, 2.24) is 15.0 Å². The van der Waals surface area contributed by atoms with E-state index in [4.69, 9.17) is 14.5 Å². The highest BCUT2D eigenvalue weighted by atomic mass is 19.1. The maximum atomic E-state index is 12.9. The second-order valence-corrected chi connectivity index (χ2v) is 8.11. The number of aliphatic hydroxyl groups excluding tert-OH is 1. The number of hydrogen-bond acceptors (Lipinski definition) is 7. The minimum absolute atomic E-state index is 0.0690. The molecule has 29 heavy (non-hydrogen) atoms. The van der Waals surface area contributed by atoms with Crippen LogP contribution in [-0.2, 0) is 4.74 Å². The highest BCUT2D eigenvalue weighted by Crippen LogP contribution is 2.38. The summed E-state index contributed by atoms with van der Waals surface area (Å²) in [6.45, 7) is 2.64. The fourth-order valence-electron chi connectivity index (χ4n) is 4.08. The molecule has 2 N–H and O–H groups in total. The van der Waals surface area contributed by atoms with Crippen molar-refractivity contribution in [2.24, 2.45) is 0 Å². The van der Waals surface area contributed by atoms with Crippen LogP contribution in [0.25, 0.3) is 10.9 Å². The maximum Gasteiger partial charge on any atom is 0.224 e. The van der Waals surface area contributed by atoms with Gasteiger partial charge < -0.3 is 19.9 Å². The topological polar surface area (TPSA) is 89.4 Å². The summed E-state index contributed by atoms with van der Waals surface area (Å²) >= 11 is 0. The van der Waals surface area contributed by atoms with Crippen LogP contribution in [0.4, 0.5) is 10.3 Å². The first-order valence-electron chi connectivity index (χ1n) is 10.5. The number of pyridine rings is 1. The SMILES string of the molecule is C[C@@H](CF)Nc1ncc2c(OC3CCOCC3)ncc(C3CCC(O)CC3)c2n1. The highest BCUT2D eigenvalue weighted by molar-refractivity contribution is 5.86. The summed E-state index contributed by atoms with van der Waals surface area (Å²) in [4.78, 5) is 13.7. The molecule has 1 aliphatic carbocycles. The molecular formula is C21H29FN4O3. The third-order valence-electron chi connectivity index (χ3n) is 5.80. The van der Waals surface area contributed by atoms with Gasteiger partial charge >= 0.3 is 0 Å². The molecule has 1 aliphatic heterocycles. The number of halogens is 1. The smallest absolute Gasteiger partial charge is 0.224 e. The lowest BCUT2D eigenvalue weighted by Gasteiger charge is -2.27. The lowest BCUT2D eigenvalue weighted by atomic mass is 9.83. The average Bonchev–Trinajstić information content (AvgIpc) is 2.75. The third-order valence-corrected chi connectivity index (χ3v) is 5.80. The van der Waals surface area contributed by atoms with Crippen molar-refractivity contribution < 1.29 is 19.0 Å². The Morgan fingerprint density at radius 1 is 1.17 bits per heavy atom. The molecule has 0 aromatic carbocycles. The number of hydrogen-bond donors (Lipinski definition) is 2. The molecule has 2 fully saturated rings. The molecule has 158 valence electrons. The molecule has 1 saturated heterocycles. The van der Waals surface area contributed by atoms with Gasteiger partial charge in [-0.25, -0.2) is 19.3 Å². The van der Waals surface area contributed by atoms with Crippen LogP contribution in [0.2, 0.25) is 0 Å². The Bertz CT molecular complexity index is 823. The van der Waals surface area contributed by atoms with Crippen molar-refractivity contribution in [1.29, 1.82) is 0 Å². The zero-order chi connectivity index (χ0) is 20.2. The van der Waals surface area contributed by atoms with Crippen LogP contribution in [0, 0.1) is 0 Å². The van der Waals surface area contributed by atoms with Crippen LogP contribution >= 0.6 is 0 Å². The van der Waals surface area contributed by atoms with Crippen LogP contribution < -0.4 is 10.1 Å². The largest absolute Gasteiger partial charge is 0.474 e. The number of rotatable bonds is 6. The van der Waals surface area contributed by atoms with Crippen molar-refractivity contribution in [2.75, 3.05) is 25.2 Å². The molecule has 0 unspecified atom stereocenters. The van der Waals surface area contributed by atoms with Crippen molar-refractivity contribution >= 4 is 16.9 Å². The number of aliphatic hydroxyl groups is 1. The fraction of sp³-hybridized carbons (Fsp3) is 0.667. The van der Waals surface area contributed by atoms with E-state index >= 15 is 0 Å². The van der Waals surface area contributed by atoms with Gasteiger partial charge in [-0.1, -0.05) is 0 Å². The Morgan fingerprint density at radius 2 is 1.93 bits per heavy atom. The summed E-state index contributed by atoms with van der Waals surface area (Å²) in [7, 11) is 0. The van der Waals surface area contributed by atoms with Gasteiger partial charge in [0.2, 0.25) is 11.8 Å². The fourth-order valence-corrected chi connectivity index (χ4v) is 4.08. The second-order valence-electron chi connectivity index (χ2n) is 8.11. The van der Waals surface area contributed by atoms with Gasteiger partial charge in [0.1, 0.15) is 12.8 Å². The van der Waals surface area contributed by atoms with Crippen molar-refractivity contribution in [3.63, 3.8) is 0 Å². The van der Waals surface area contributed by atoms with Gasteiger partial charge in [-0.3, -0.25) is 0 Å². The minimum atomic E-state index is -0.497. The molecule has 4 rings (SSSR count). The van der Waals surface area contributed by atoms with Crippen LogP contribution in [0.3, 0.4) is 0 Å². The quantitative estimate of drug-likeness (QED) is 0.763. The lowest BCUT2D eigenvalue weighted by Crippen LogP contribution is -2.26. The Hall–Kier alpha value is -2.06. The summed E-state index contributed by atoms with van der Waals surface area (Å²) < 4.78 is 24.5. The van der Waals surface area contributed by atoms with E-state index in [-0.39, 0.29) is 24.2 Å². The predicted octanol–water partition coefficient (Wildman–Crippen LogP) is 3.37. The molecule has 2 aliphatic rings. The van der Waals surface area contributed by atoms with E-state index in [9.17, 15) is 9.50 Å². The summed E-state index contributed by atoms with van der Waals surface area (Å²) in [6, 6.07) is -0.361. The Kier molecular flexibility index (Phi) is 6.40. The molecule has 2 aromatic heterocycles. The number of alkyl halides is 1. The summed E-state index contributed by atoms with van der Waals surface area (Å²) in [5.41, 5.74) is 1.84. The summed E-state index contributed by atoms with van der Waals surface area (Å²) in [6.07, 6.45) is 8.44. The standard InChI is InChI=1S/C21H29FN4O3/c1-13(10-22)25-21-24-12-18-19(26-21)17(14-2-4-15(27)5-3-14)11-23-20(18)29-16-6-8-28-9-7-16/h11-16,27H,2-10H2,1H3,(H,24,25,26)/t13-,14?,15?/m0/s1. The molecule has 7 nitrogen and oxygen atoms in total.